The zero-order chi connectivity index (χ0) is 16.9. The first-order valence-electron chi connectivity index (χ1n) is 7.62. The van der Waals surface area contributed by atoms with Gasteiger partial charge in [-0.15, -0.1) is 0 Å². The Balaban J connectivity index is 1.89. The van der Waals surface area contributed by atoms with E-state index in [0.717, 1.165) is 34.7 Å². The predicted molar refractivity (Wildman–Crippen MR) is 89.5 cm³/mol. The van der Waals surface area contributed by atoms with Crippen molar-refractivity contribution in [1.82, 2.24) is 0 Å². The average molecular weight is 325 g/mol. The van der Waals surface area contributed by atoms with Gasteiger partial charge in [0.05, 0.1) is 5.56 Å². The molecule has 0 saturated carbocycles. The van der Waals surface area contributed by atoms with E-state index in [1.54, 1.807) is 6.07 Å². The zero-order valence-corrected chi connectivity index (χ0v) is 12.7. The first-order valence-corrected chi connectivity index (χ1v) is 7.62. The minimum Gasteiger partial charge on any atom is -0.398 e. The number of benzene rings is 3. The largest absolute Gasteiger partial charge is 0.418 e. The smallest absolute Gasteiger partial charge is 0.398 e. The summed E-state index contributed by atoms with van der Waals surface area (Å²) < 4.78 is 39.5. The van der Waals surface area contributed by atoms with E-state index < -0.39 is 11.7 Å². The van der Waals surface area contributed by atoms with Gasteiger partial charge in [-0.2, -0.15) is 13.2 Å². The lowest BCUT2D eigenvalue weighted by Crippen LogP contribution is -2.09. The van der Waals surface area contributed by atoms with Crippen molar-refractivity contribution in [2.24, 2.45) is 0 Å². The fourth-order valence-electron chi connectivity index (χ4n) is 3.40. The van der Waals surface area contributed by atoms with E-state index in [4.69, 9.17) is 5.73 Å². The molecule has 4 heteroatoms. The van der Waals surface area contributed by atoms with Gasteiger partial charge in [0.25, 0.3) is 0 Å². The van der Waals surface area contributed by atoms with Crippen LogP contribution in [0.4, 0.5) is 18.9 Å². The van der Waals surface area contributed by atoms with Crippen molar-refractivity contribution in [3.05, 3.63) is 77.4 Å². The lowest BCUT2D eigenvalue weighted by Gasteiger charge is -2.14. The molecule has 3 aromatic carbocycles. The Morgan fingerprint density at radius 2 is 1.50 bits per heavy atom. The third kappa shape index (κ3) is 2.26. The number of anilines is 1. The normalized spacial score (nSPS) is 12.8. The molecule has 0 unspecified atom stereocenters. The summed E-state index contributed by atoms with van der Waals surface area (Å²) in [5.41, 5.74) is 10.4. The highest BCUT2D eigenvalue weighted by molar-refractivity contribution is 5.85. The Labute approximate surface area is 137 Å². The Hall–Kier alpha value is -2.75. The molecule has 0 aliphatic heterocycles. The second-order valence-corrected chi connectivity index (χ2v) is 5.97. The van der Waals surface area contributed by atoms with Crippen molar-refractivity contribution in [2.75, 3.05) is 5.73 Å². The highest BCUT2D eigenvalue weighted by Crippen LogP contribution is 2.43. The molecule has 120 valence electrons. The van der Waals surface area contributed by atoms with Crippen LogP contribution in [0.3, 0.4) is 0 Å². The highest BCUT2D eigenvalue weighted by atomic mass is 19.4. The van der Waals surface area contributed by atoms with Gasteiger partial charge in [0, 0.05) is 5.69 Å². The fraction of sp³-hybridized carbons (Fsp3) is 0.100. The molecular formula is C20H14F3N. The summed E-state index contributed by atoms with van der Waals surface area (Å²) in [6.45, 7) is 0. The maximum absolute atomic E-state index is 13.2. The molecule has 0 bridgehead atoms. The molecular weight excluding hydrogens is 311 g/mol. The van der Waals surface area contributed by atoms with Crippen LogP contribution in [-0.4, -0.2) is 0 Å². The molecule has 0 aromatic heterocycles. The van der Waals surface area contributed by atoms with Crippen LogP contribution < -0.4 is 5.73 Å². The van der Waals surface area contributed by atoms with Crippen LogP contribution in [0.5, 0.6) is 0 Å². The van der Waals surface area contributed by atoms with Crippen LogP contribution in [-0.2, 0) is 12.6 Å². The monoisotopic (exact) mass is 325 g/mol. The quantitative estimate of drug-likeness (QED) is 0.458. The summed E-state index contributed by atoms with van der Waals surface area (Å²) in [7, 11) is 0. The summed E-state index contributed by atoms with van der Waals surface area (Å²) in [4.78, 5) is 0. The topological polar surface area (TPSA) is 26.0 Å². The summed E-state index contributed by atoms with van der Waals surface area (Å²) >= 11 is 0. The van der Waals surface area contributed by atoms with Gasteiger partial charge in [-0.1, -0.05) is 48.5 Å². The molecule has 3 aromatic rings. The third-order valence-electron chi connectivity index (χ3n) is 4.52. The number of nitrogen functional groups attached to an aromatic ring is 1. The number of nitrogens with two attached hydrogens (primary N) is 1. The van der Waals surface area contributed by atoms with E-state index in [1.165, 1.54) is 11.6 Å². The molecule has 0 amide bonds. The molecule has 1 nitrogen and oxygen atoms in total. The summed E-state index contributed by atoms with van der Waals surface area (Å²) in [5, 5.41) is 0. The number of fused-ring (bicyclic) bond motifs is 3. The van der Waals surface area contributed by atoms with Crippen molar-refractivity contribution < 1.29 is 13.2 Å². The van der Waals surface area contributed by atoms with Gasteiger partial charge in [-0.05, 0) is 51.9 Å². The van der Waals surface area contributed by atoms with E-state index in [2.05, 4.69) is 12.1 Å². The summed E-state index contributed by atoms with van der Waals surface area (Å²) in [5.74, 6) is 0. The van der Waals surface area contributed by atoms with E-state index in [9.17, 15) is 13.2 Å². The lowest BCUT2D eigenvalue weighted by molar-refractivity contribution is -0.136. The molecule has 0 atom stereocenters. The van der Waals surface area contributed by atoms with Gasteiger partial charge in [0.1, 0.15) is 0 Å². The average Bonchev–Trinajstić information content (AvgIpc) is 2.93. The van der Waals surface area contributed by atoms with E-state index in [-0.39, 0.29) is 5.69 Å². The summed E-state index contributed by atoms with van der Waals surface area (Å²) in [6.07, 6.45) is -3.73. The Morgan fingerprint density at radius 1 is 0.792 bits per heavy atom. The minimum absolute atomic E-state index is 0.248. The van der Waals surface area contributed by atoms with Gasteiger partial charge in [0.15, 0.2) is 0 Å². The van der Waals surface area contributed by atoms with E-state index in [0.29, 0.717) is 5.56 Å². The Bertz CT molecular complexity index is 942. The molecule has 0 heterocycles. The molecule has 0 saturated heterocycles. The molecule has 1 aliphatic rings. The third-order valence-corrected chi connectivity index (χ3v) is 4.52. The molecule has 0 radical (unpaired) electrons. The molecule has 4 rings (SSSR count). The molecule has 24 heavy (non-hydrogen) atoms. The van der Waals surface area contributed by atoms with Gasteiger partial charge >= 0.3 is 6.18 Å². The van der Waals surface area contributed by atoms with Crippen LogP contribution in [0.25, 0.3) is 22.3 Å². The van der Waals surface area contributed by atoms with Crippen LogP contribution in [0, 0.1) is 0 Å². The van der Waals surface area contributed by atoms with Crippen molar-refractivity contribution in [3.8, 4) is 22.3 Å². The summed E-state index contributed by atoms with van der Waals surface area (Å²) in [6, 6.07) is 18.0. The Kier molecular flexibility index (Phi) is 3.17. The van der Waals surface area contributed by atoms with Gasteiger partial charge in [0.2, 0.25) is 0 Å². The fourth-order valence-corrected chi connectivity index (χ4v) is 3.40. The predicted octanol–water partition coefficient (Wildman–Crippen LogP) is 5.53. The first-order chi connectivity index (χ1) is 11.4. The number of hydrogen-bond donors (Lipinski definition) is 1. The lowest BCUT2D eigenvalue weighted by atomic mass is 9.94. The standard InChI is InChI=1S/C20H14F3N/c21-20(22,23)18-11-13(8-9-19(18)24)15-6-3-7-16-14-5-2-1-4-12(14)10-17(15)16/h1-9,11H,10,24H2. The molecule has 0 fully saturated rings. The number of alkyl halides is 3. The highest BCUT2D eigenvalue weighted by Gasteiger charge is 2.33. The van der Waals surface area contributed by atoms with Crippen molar-refractivity contribution in [2.45, 2.75) is 12.6 Å². The van der Waals surface area contributed by atoms with Crippen LogP contribution in [0.1, 0.15) is 16.7 Å². The van der Waals surface area contributed by atoms with Crippen molar-refractivity contribution in [3.63, 3.8) is 0 Å². The molecule has 2 N–H and O–H groups in total. The minimum atomic E-state index is -4.46. The first kappa shape index (κ1) is 14.8. The maximum atomic E-state index is 13.2. The van der Waals surface area contributed by atoms with Gasteiger partial charge in [-0.3, -0.25) is 0 Å². The van der Waals surface area contributed by atoms with E-state index >= 15 is 0 Å². The van der Waals surface area contributed by atoms with Crippen LogP contribution >= 0.6 is 0 Å². The maximum Gasteiger partial charge on any atom is 0.418 e. The van der Waals surface area contributed by atoms with Crippen LogP contribution in [0.2, 0.25) is 0 Å². The van der Waals surface area contributed by atoms with E-state index in [1.807, 2.05) is 30.3 Å². The van der Waals surface area contributed by atoms with Gasteiger partial charge < -0.3 is 5.73 Å². The Morgan fingerprint density at radius 3 is 2.29 bits per heavy atom. The second kappa shape index (κ2) is 5.13. The molecule has 0 spiro atoms. The second-order valence-electron chi connectivity index (χ2n) is 5.97. The number of hydrogen-bond acceptors (Lipinski definition) is 1. The number of halogens is 3. The van der Waals surface area contributed by atoms with Crippen molar-refractivity contribution in [1.29, 1.82) is 0 Å². The van der Waals surface area contributed by atoms with Gasteiger partial charge in [-0.25, -0.2) is 0 Å². The molecule has 1 aliphatic carbocycles. The van der Waals surface area contributed by atoms with Crippen molar-refractivity contribution >= 4 is 5.69 Å². The zero-order valence-electron chi connectivity index (χ0n) is 12.7. The number of rotatable bonds is 1. The SMILES string of the molecule is Nc1ccc(-c2cccc3c2Cc2ccccc2-3)cc1C(F)(F)F. The van der Waals surface area contributed by atoms with Crippen LogP contribution in [0.15, 0.2) is 60.7 Å².